The van der Waals surface area contributed by atoms with Crippen LogP contribution in [-0.2, 0) is 0 Å². The molecule has 0 heterocycles. The van der Waals surface area contributed by atoms with Crippen molar-refractivity contribution in [3.05, 3.63) is 0 Å². The van der Waals surface area contributed by atoms with Crippen molar-refractivity contribution in [2.45, 2.75) is 46.6 Å². The van der Waals surface area contributed by atoms with E-state index in [-0.39, 0.29) is 5.41 Å². The first-order valence-corrected chi connectivity index (χ1v) is 5.50. The standard InChI is InChI=1S/C12H20N2/c1-10(2)9(11(10,3)4)14-8-12(7-13)5-6-12/h9,14H,5-6,8H2,1-4H3. The lowest BCUT2D eigenvalue weighted by atomic mass is 10.0. The zero-order valence-electron chi connectivity index (χ0n) is 9.65. The number of rotatable bonds is 3. The predicted octanol–water partition coefficient (Wildman–Crippen LogP) is 2.31. The fraction of sp³-hybridized carbons (Fsp3) is 0.917. The Labute approximate surface area is 86.7 Å². The third kappa shape index (κ3) is 1.19. The van der Waals surface area contributed by atoms with Crippen molar-refractivity contribution in [3.63, 3.8) is 0 Å². The Balaban J connectivity index is 1.88. The van der Waals surface area contributed by atoms with Crippen molar-refractivity contribution in [1.29, 1.82) is 5.26 Å². The molecule has 0 aliphatic heterocycles. The van der Waals surface area contributed by atoms with Crippen molar-refractivity contribution < 1.29 is 0 Å². The molecule has 0 saturated heterocycles. The largest absolute Gasteiger partial charge is 0.311 e. The normalized spacial score (nSPS) is 30.8. The van der Waals surface area contributed by atoms with Gasteiger partial charge < -0.3 is 5.32 Å². The van der Waals surface area contributed by atoms with Crippen LogP contribution in [0, 0.1) is 27.6 Å². The fourth-order valence-electron chi connectivity index (χ4n) is 2.48. The fourth-order valence-corrected chi connectivity index (χ4v) is 2.48. The van der Waals surface area contributed by atoms with E-state index in [9.17, 15) is 0 Å². The summed E-state index contributed by atoms with van der Waals surface area (Å²) in [6.07, 6.45) is 2.17. The SMILES string of the molecule is CC1(C)C(NCC2(C#N)CC2)C1(C)C. The summed E-state index contributed by atoms with van der Waals surface area (Å²) in [4.78, 5) is 0. The predicted molar refractivity (Wildman–Crippen MR) is 56.6 cm³/mol. The molecule has 78 valence electrons. The minimum Gasteiger partial charge on any atom is -0.311 e. The van der Waals surface area contributed by atoms with Crippen molar-refractivity contribution in [1.82, 2.24) is 5.32 Å². The zero-order valence-corrected chi connectivity index (χ0v) is 9.65. The van der Waals surface area contributed by atoms with Gasteiger partial charge in [-0.15, -0.1) is 0 Å². The lowest BCUT2D eigenvalue weighted by Gasteiger charge is -2.09. The number of hydrogen-bond donors (Lipinski definition) is 1. The molecule has 2 saturated carbocycles. The van der Waals surface area contributed by atoms with Gasteiger partial charge in [-0.05, 0) is 23.7 Å². The highest BCUT2D eigenvalue weighted by Crippen LogP contribution is 2.63. The Morgan fingerprint density at radius 3 is 2.00 bits per heavy atom. The third-order valence-corrected chi connectivity index (χ3v) is 4.76. The zero-order chi connectivity index (χ0) is 10.6. The van der Waals surface area contributed by atoms with Crippen molar-refractivity contribution >= 4 is 0 Å². The van der Waals surface area contributed by atoms with Crippen LogP contribution in [0.5, 0.6) is 0 Å². The van der Waals surface area contributed by atoms with E-state index >= 15 is 0 Å². The molecule has 0 spiro atoms. The maximum Gasteiger partial charge on any atom is 0.0703 e. The second kappa shape index (κ2) is 2.52. The molecule has 2 aliphatic carbocycles. The minimum absolute atomic E-state index is 0.00521. The molecule has 0 aromatic heterocycles. The highest BCUT2D eigenvalue weighted by Gasteiger charge is 2.65. The Hall–Kier alpha value is -0.550. The van der Waals surface area contributed by atoms with Crippen LogP contribution in [0.2, 0.25) is 0 Å². The van der Waals surface area contributed by atoms with E-state index in [4.69, 9.17) is 5.26 Å². The van der Waals surface area contributed by atoms with E-state index in [1.807, 2.05) is 0 Å². The summed E-state index contributed by atoms with van der Waals surface area (Å²) in [6.45, 7) is 10.1. The van der Waals surface area contributed by atoms with Gasteiger partial charge in [-0.2, -0.15) is 5.26 Å². The Morgan fingerprint density at radius 1 is 1.21 bits per heavy atom. The average Bonchev–Trinajstić information content (AvgIpc) is 2.92. The molecule has 0 radical (unpaired) electrons. The summed E-state index contributed by atoms with van der Waals surface area (Å²) in [6, 6.07) is 3.01. The Morgan fingerprint density at radius 2 is 1.71 bits per heavy atom. The highest BCUT2D eigenvalue weighted by atomic mass is 15.1. The molecule has 2 fully saturated rings. The van der Waals surface area contributed by atoms with Crippen LogP contribution >= 0.6 is 0 Å². The van der Waals surface area contributed by atoms with Crippen molar-refractivity contribution in [2.75, 3.05) is 6.54 Å². The maximum atomic E-state index is 8.96. The molecule has 0 aromatic rings. The molecular formula is C12H20N2. The van der Waals surface area contributed by atoms with Gasteiger partial charge in [0.15, 0.2) is 0 Å². The maximum absolute atomic E-state index is 8.96. The van der Waals surface area contributed by atoms with Gasteiger partial charge in [-0.25, -0.2) is 0 Å². The van der Waals surface area contributed by atoms with E-state index in [2.05, 4.69) is 39.1 Å². The lowest BCUT2D eigenvalue weighted by molar-refractivity contribution is 0.457. The van der Waals surface area contributed by atoms with E-state index in [1.165, 1.54) is 0 Å². The first-order chi connectivity index (χ1) is 6.36. The molecule has 0 amide bonds. The molecule has 0 unspecified atom stereocenters. The van der Waals surface area contributed by atoms with Crippen LogP contribution in [0.3, 0.4) is 0 Å². The molecule has 2 rings (SSSR count). The van der Waals surface area contributed by atoms with Gasteiger partial charge >= 0.3 is 0 Å². The summed E-state index contributed by atoms with van der Waals surface area (Å²) < 4.78 is 0. The van der Waals surface area contributed by atoms with Gasteiger partial charge in [-0.3, -0.25) is 0 Å². The summed E-state index contributed by atoms with van der Waals surface area (Å²) in [5.74, 6) is 0. The first kappa shape index (κ1) is 9.98. The average molecular weight is 192 g/mol. The van der Waals surface area contributed by atoms with Crippen LogP contribution in [0.4, 0.5) is 0 Å². The topological polar surface area (TPSA) is 35.8 Å². The van der Waals surface area contributed by atoms with Crippen LogP contribution in [0.15, 0.2) is 0 Å². The molecule has 2 aliphatic rings. The molecule has 0 bridgehead atoms. The highest BCUT2D eigenvalue weighted by molar-refractivity contribution is 5.20. The Kier molecular flexibility index (Phi) is 1.80. The monoisotopic (exact) mass is 192 g/mol. The van der Waals surface area contributed by atoms with E-state index in [0.29, 0.717) is 16.9 Å². The van der Waals surface area contributed by atoms with Gasteiger partial charge in [0, 0.05) is 12.6 Å². The molecule has 2 heteroatoms. The van der Waals surface area contributed by atoms with Gasteiger partial charge in [0.05, 0.1) is 11.5 Å². The van der Waals surface area contributed by atoms with Crippen molar-refractivity contribution in [3.8, 4) is 6.07 Å². The van der Waals surface area contributed by atoms with Crippen LogP contribution in [-0.4, -0.2) is 12.6 Å². The number of nitriles is 1. The van der Waals surface area contributed by atoms with Gasteiger partial charge in [0.1, 0.15) is 0 Å². The molecule has 14 heavy (non-hydrogen) atoms. The van der Waals surface area contributed by atoms with Crippen LogP contribution < -0.4 is 5.32 Å². The Bertz CT molecular complexity index is 278. The van der Waals surface area contributed by atoms with Crippen LogP contribution in [0.1, 0.15) is 40.5 Å². The number of nitrogens with zero attached hydrogens (tertiary/aromatic N) is 1. The van der Waals surface area contributed by atoms with Crippen LogP contribution in [0.25, 0.3) is 0 Å². The number of nitrogens with one attached hydrogen (secondary N) is 1. The summed E-state index contributed by atoms with van der Waals surface area (Å²) >= 11 is 0. The smallest absolute Gasteiger partial charge is 0.0703 e. The lowest BCUT2D eigenvalue weighted by Crippen LogP contribution is -2.28. The molecule has 0 atom stereocenters. The van der Waals surface area contributed by atoms with Gasteiger partial charge in [-0.1, -0.05) is 27.7 Å². The third-order valence-electron chi connectivity index (χ3n) is 4.76. The molecule has 2 nitrogen and oxygen atoms in total. The van der Waals surface area contributed by atoms with E-state index in [0.717, 1.165) is 19.4 Å². The molecule has 1 N–H and O–H groups in total. The van der Waals surface area contributed by atoms with E-state index in [1.54, 1.807) is 0 Å². The second-order valence-corrected chi connectivity index (χ2v) is 6.15. The summed E-state index contributed by atoms with van der Waals surface area (Å²) in [5, 5.41) is 12.5. The quantitative estimate of drug-likeness (QED) is 0.745. The molecular weight excluding hydrogens is 172 g/mol. The summed E-state index contributed by atoms with van der Waals surface area (Å²) in [5.41, 5.74) is 0.770. The first-order valence-electron chi connectivity index (χ1n) is 5.50. The minimum atomic E-state index is -0.00521. The molecule has 0 aromatic carbocycles. The van der Waals surface area contributed by atoms with E-state index < -0.39 is 0 Å². The van der Waals surface area contributed by atoms with Gasteiger partial charge in [0.2, 0.25) is 0 Å². The summed E-state index contributed by atoms with van der Waals surface area (Å²) in [7, 11) is 0. The van der Waals surface area contributed by atoms with Gasteiger partial charge in [0.25, 0.3) is 0 Å². The van der Waals surface area contributed by atoms with Crippen molar-refractivity contribution in [2.24, 2.45) is 16.2 Å². The number of hydrogen-bond acceptors (Lipinski definition) is 2. The second-order valence-electron chi connectivity index (χ2n) is 6.15.